The number of hydrogen-bond acceptors (Lipinski definition) is 11. The minimum absolute atomic E-state index is 0.0445. The third-order valence-corrected chi connectivity index (χ3v) is 11.3. The fourth-order valence-corrected chi connectivity index (χ4v) is 8.23. The monoisotopic (exact) mass is 845 g/mol. The van der Waals surface area contributed by atoms with Gasteiger partial charge < -0.3 is 36.3 Å². The number of ketones is 3. The van der Waals surface area contributed by atoms with Crippen molar-refractivity contribution in [3.63, 3.8) is 0 Å². The molecule has 16 nitrogen and oxygen atoms in total. The van der Waals surface area contributed by atoms with E-state index in [1.165, 1.54) is 11.8 Å². The third-order valence-electron chi connectivity index (χ3n) is 11.3. The maximum atomic E-state index is 13.5. The van der Waals surface area contributed by atoms with E-state index in [4.69, 9.17) is 0 Å². The number of rotatable bonds is 18. The number of fused-ring (bicyclic) bond motifs is 4. The van der Waals surface area contributed by atoms with Crippen molar-refractivity contribution >= 4 is 68.4 Å². The van der Waals surface area contributed by atoms with Gasteiger partial charge in [0.1, 0.15) is 17.6 Å². The fraction of sp³-hybridized carbons (Fsp3) is 0.370. The summed E-state index contributed by atoms with van der Waals surface area (Å²) < 4.78 is 0. The summed E-state index contributed by atoms with van der Waals surface area (Å²) in [5.41, 5.74) is 2.88. The van der Waals surface area contributed by atoms with Crippen molar-refractivity contribution in [2.75, 3.05) is 25.0 Å². The number of aliphatic carboxylic acids is 1. The highest BCUT2D eigenvalue weighted by molar-refractivity contribution is 6.25. The Kier molecular flexibility index (Phi) is 13.2. The number of H-pyrrole nitrogens is 1. The highest BCUT2D eigenvalue weighted by atomic mass is 16.4. The molecule has 3 amide bonds. The summed E-state index contributed by atoms with van der Waals surface area (Å²) in [6, 6.07) is 13.5. The molecule has 0 bridgehead atoms. The number of aryl methyl sites for hydroxylation is 1. The predicted molar refractivity (Wildman–Crippen MR) is 232 cm³/mol. The normalized spacial score (nSPS) is 14.7. The van der Waals surface area contributed by atoms with Gasteiger partial charge in [0.25, 0.3) is 11.5 Å². The average molecular weight is 846 g/mol. The second kappa shape index (κ2) is 18.3. The summed E-state index contributed by atoms with van der Waals surface area (Å²) in [6.45, 7) is 10.4. The highest BCUT2D eigenvalue weighted by Gasteiger charge is 2.40. The number of carboxylic acid groups (broad SMARTS) is 1. The Balaban J connectivity index is 0.979. The summed E-state index contributed by atoms with van der Waals surface area (Å²) in [5.74, 6) is -2.80. The summed E-state index contributed by atoms with van der Waals surface area (Å²) in [6.07, 6.45) is -0.265. The number of aromatic amines is 1. The minimum atomic E-state index is -1.26. The van der Waals surface area contributed by atoms with Crippen LogP contribution in [0.15, 0.2) is 75.7 Å². The van der Waals surface area contributed by atoms with Crippen LogP contribution in [0.2, 0.25) is 0 Å². The second-order valence-corrected chi connectivity index (χ2v) is 16.5. The summed E-state index contributed by atoms with van der Waals surface area (Å²) in [4.78, 5) is 111. The van der Waals surface area contributed by atoms with Crippen molar-refractivity contribution in [3.05, 3.63) is 104 Å². The van der Waals surface area contributed by atoms with E-state index in [2.05, 4.69) is 31.2 Å². The molecule has 0 saturated heterocycles. The van der Waals surface area contributed by atoms with Crippen molar-refractivity contribution in [3.8, 4) is 0 Å². The van der Waals surface area contributed by atoms with Gasteiger partial charge in [-0.25, -0.2) is 9.78 Å². The Morgan fingerprint density at radius 1 is 0.855 bits per heavy atom. The first kappa shape index (κ1) is 44.6. The number of nitrogens with one attached hydrogen (secondary N) is 5. The van der Waals surface area contributed by atoms with Crippen LogP contribution in [0, 0.1) is 12.3 Å². The van der Waals surface area contributed by atoms with Gasteiger partial charge in [-0.3, -0.25) is 33.6 Å². The molecule has 1 unspecified atom stereocenters. The van der Waals surface area contributed by atoms with Gasteiger partial charge in [0, 0.05) is 85.4 Å². The van der Waals surface area contributed by atoms with Gasteiger partial charge in [-0.2, -0.15) is 0 Å². The number of Topliss-reactive ketones (excluding diaryl/α,β-unsaturated/α-hetero) is 3. The lowest BCUT2D eigenvalue weighted by atomic mass is 9.72. The first-order chi connectivity index (χ1) is 29.4. The Hall–Kier alpha value is -6.97. The molecule has 6 rings (SSSR count). The Labute approximate surface area is 357 Å². The lowest BCUT2D eigenvalue weighted by Gasteiger charge is -2.32. The number of allylic oxidation sites excluding steroid dienone is 3. The molecule has 4 aromatic rings. The van der Waals surface area contributed by atoms with E-state index in [0.29, 0.717) is 34.4 Å². The van der Waals surface area contributed by atoms with E-state index in [9.17, 15) is 43.5 Å². The number of hydrogen-bond donors (Lipinski definition) is 6. The summed E-state index contributed by atoms with van der Waals surface area (Å²) >= 11 is 0. The van der Waals surface area contributed by atoms with E-state index in [0.717, 1.165) is 22.0 Å². The summed E-state index contributed by atoms with van der Waals surface area (Å²) in [7, 11) is 0. The number of aromatic nitrogens is 2. The predicted octanol–water partition coefficient (Wildman–Crippen LogP) is 4.15. The molecule has 0 radical (unpaired) electrons. The Bertz CT molecular complexity index is 2680. The Morgan fingerprint density at radius 3 is 2.27 bits per heavy atom. The molecule has 16 heteroatoms. The van der Waals surface area contributed by atoms with Crippen LogP contribution in [0.3, 0.4) is 0 Å². The van der Waals surface area contributed by atoms with E-state index in [-0.39, 0.29) is 91.4 Å². The number of carbonyl (C=O) groups is 7. The number of amides is 3. The summed E-state index contributed by atoms with van der Waals surface area (Å²) in [5, 5.41) is 24.0. The standard InChI is InChI=1S/C46H51N7O9/c1-24(54)15-16-49-40-26(3)41(57)25(2)39(42(40)58)46(5,6)21-37(56)48-18-17-47-36(55)14-13-35(45(61)62)53-23-30-20-31(10-11-32(30)44(53)60)50-22-28-7-8-29-9-12-34-38(33(29)19-28)43(59)52-27(4)51-34/h7-12,19-20,35,49-50H,13-18,21-23H2,1-6H3,(H,47,55)(H,48,56)(H,61,62)(H,51,52,59). The van der Waals surface area contributed by atoms with E-state index >= 15 is 0 Å². The van der Waals surface area contributed by atoms with Gasteiger partial charge in [-0.05, 0) is 86.3 Å². The molecule has 3 aromatic carbocycles. The fourth-order valence-electron chi connectivity index (χ4n) is 8.23. The van der Waals surface area contributed by atoms with Crippen molar-refractivity contribution in [1.82, 2.24) is 30.8 Å². The largest absolute Gasteiger partial charge is 0.480 e. The quantitative estimate of drug-likeness (QED) is 0.0471. The highest BCUT2D eigenvalue weighted by Crippen LogP contribution is 2.38. The molecule has 0 spiro atoms. The molecule has 1 atom stereocenters. The molecule has 2 heterocycles. The topological polar surface area (TPSA) is 237 Å². The molecule has 1 aliphatic carbocycles. The zero-order valence-corrected chi connectivity index (χ0v) is 35.7. The van der Waals surface area contributed by atoms with Crippen molar-refractivity contribution in [2.45, 2.75) is 86.4 Å². The SMILES string of the molecule is CC(=O)CCNC1=C(C)C(=O)C(C)=C(C(C)(C)CC(=O)NCCNC(=O)CCC(C(=O)O)N2Cc3cc(NCc4ccc5ccc6nc(C)[nH]c(=O)c6c5c4)ccc3C2=O)C1=O. The maximum absolute atomic E-state index is 13.5. The van der Waals surface area contributed by atoms with E-state index < -0.39 is 40.9 Å². The second-order valence-electron chi connectivity index (χ2n) is 16.5. The lowest BCUT2D eigenvalue weighted by molar-refractivity contribution is -0.143. The van der Waals surface area contributed by atoms with Crippen molar-refractivity contribution in [1.29, 1.82) is 0 Å². The molecular weight excluding hydrogens is 795 g/mol. The zero-order chi connectivity index (χ0) is 45.0. The number of carbonyl (C=O) groups excluding carboxylic acids is 6. The lowest BCUT2D eigenvalue weighted by Crippen LogP contribution is -2.42. The third kappa shape index (κ3) is 9.64. The molecule has 1 aliphatic heterocycles. The van der Waals surface area contributed by atoms with E-state index in [1.54, 1.807) is 52.8 Å². The van der Waals surface area contributed by atoms with Gasteiger partial charge in [0.2, 0.25) is 17.6 Å². The van der Waals surface area contributed by atoms with Gasteiger partial charge in [0.15, 0.2) is 5.78 Å². The van der Waals surface area contributed by atoms with Gasteiger partial charge in [-0.15, -0.1) is 0 Å². The van der Waals surface area contributed by atoms with Crippen LogP contribution >= 0.6 is 0 Å². The van der Waals surface area contributed by atoms with Crippen LogP contribution in [0.5, 0.6) is 0 Å². The number of anilines is 1. The Morgan fingerprint density at radius 2 is 1.56 bits per heavy atom. The van der Waals surface area contributed by atoms with Crippen molar-refractivity contribution < 1.29 is 38.7 Å². The molecule has 62 heavy (non-hydrogen) atoms. The number of carboxylic acids is 1. The maximum Gasteiger partial charge on any atom is 0.326 e. The van der Waals surface area contributed by atoms with Gasteiger partial charge in [-0.1, -0.05) is 32.0 Å². The number of benzene rings is 3. The van der Waals surface area contributed by atoms with Crippen molar-refractivity contribution in [2.24, 2.45) is 5.41 Å². The molecule has 2 aliphatic rings. The average Bonchev–Trinajstić information content (AvgIpc) is 3.52. The van der Waals surface area contributed by atoms with Crippen LogP contribution in [0.4, 0.5) is 5.69 Å². The molecule has 6 N–H and O–H groups in total. The molecule has 1 aromatic heterocycles. The molecule has 324 valence electrons. The number of nitrogens with zero attached hydrogens (tertiary/aromatic N) is 2. The molecule has 0 saturated carbocycles. The molecule has 0 fully saturated rings. The molecular formula is C46H51N7O9. The minimum Gasteiger partial charge on any atom is -0.480 e. The van der Waals surface area contributed by atoms with Gasteiger partial charge >= 0.3 is 5.97 Å². The van der Waals surface area contributed by atoms with E-state index in [1.807, 2.05) is 30.3 Å². The first-order valence-electron chi connectivity index (χ1n) is 20.5. The zero-order valence-electron chi connectivity index (χ0n) is 35.7. The van der Waals surface area contributed by atoms with Crippen LogP contribution in [0.1, 0.15) is 87.6 Å². The smallest absolute Gasteiger partial charge is 0.326 e. The van der Waals surface area contributed by atoms with Crippen LogP contribution in [-0.2, 0) is 41.9 Å². The van der Waals surface area contributed by atoms with Crippen LogP contribution in [-0.4, -0.2) is 86.7 Å². The van der Waals surface area contributed by atoms with Gasteiger partial charge in [0.05, 0.1) is 16.6 Å². The first-order valence-corrected chi connectivity index (χ1v) is 20.5. The van der Waals surface area contributed by atoms with Crippen LogP contribution < -0.4 is 26.8 Å². The van der Waals surface area contributed by atoms with Crippen LogP contribution in [0.25, 0.3) is 21.7 Å².